The molecule has 1 aliphatic heterocycles. The summed E-state index contributed by atoms with van der Waals surface area (Å²) < 4.78 is 2.01. The standard InChI is InChI=1S/C16H25N7S.HI/c1-5-17-16(18-9-14-19-10(2)11(3)24-14)21-13-7-6-8-23-15(13)20-12(4)22-23;/h13H,5-9H2,1-4H3,(H2,17,18,21);1H. The minimum absolute atomic E-state index is 0. The molecule has 0 aliphatic carbocycles. The molecule has 0 aromatic carbocycles. The number of aromatic nitrogens is 4. The Morgan fingerprint density at radius 3 is 2.80 bits per heavy atom. The van der Waals surface area contributed by atoms with E-state index in [4.69, 9.17) is 4.99 Å². The van der Waals surface area contributed by atoms with Crippen molar-refractivity contribution in [2.24, 2.45) is 4.99 Å². The number of aryl methyl sites for hydroxylation is 4. The van der Waals surface area contributed by atoms with Crippen molar-refractivity contribution < 1.29 is 0 Å². The minimum Gasteiger partial charge on any atom is -0.357 e. The summed E-state index contributed by atoms with van der Waals surface area (Å²) in [4.78, 5) is 15.1. The molecule has 0 radical (unpaired) electrons. The van der Waals surface area contributed by atoms with E-state index in [-0.39, 0.29) is 30.0 Å². The molecule has 0 saturated carbocycles. The van der Waals surface area contributed by atoms with Crippen molar-refractivity contribution in [1.82, 2.24) is 30.4 Å². The molecule has 2 N–H and O–H groups in total. The van der Waals surface area contributed by atoms with Crippen molar-refractivity contribution in [2.75, 3.05) is 6.54 Å². The molecule has 0 saturated heterocycles. The van der Waals surface area contributed by atoms with E-state index >= 15 is 0 Å². The van der Waals surface area contributed by atoms with Crippen molar-refractivity contribution >= 4 is 41.3 Å². The van der Waals surface area contributed by atoms with Crippen LogP contribution in [0.3, 0.4) is 0 Å². The number of aliphatic imine (C=N–C) groups is 1. The highest BCUT2D eigenvalue weighted by molar-refractivity contribution is 14.0. The molecular formula is C16H26IN7S. The van der Waals surface area contributed by atoms with Crippen LogP contribution >= 0.6 is 35.3 Å². The second-order valence-electron chi connectivity index (χ2n) is 6.02. The molecule has 138 valence electrons. The number of halogens is 1. The topological polar surface area (TPSA) is 80.0 Å². The maximum Gasteiger partial charge on any atom is 0.192 e. The van der Waals surface area contributed by atoms with Crippen LogP contribution in [0.2, 0.25) is 0 Å². The quantitative estimate of drug-likeness (QED) is 0.404. The largest absolute Gasteiger partial charge is 0.357 e. The molecular weight excluding hydrogens is 449 g/mol. The summed E-state index contributed by atoms with van der Waals surface area (Å²) in [5, 5.41) is 12.3. The summed E-state index contributed by atoms with van der Waals surface area (Å²) in [5.74, 6) is 2.64. The second-order valence-corrected chi connectivity index (χ2v) is 7.31. The van der Waals surface area contributed by atoms with Gasteiger partial charge in [-0.05, 0) is 40.5 Å². The average Bonchev–Trinajstić information content (AvgIpc) is 3.07. The Kier molecular flexibility index (Phi) is 7.17. The van der Waals surface area contributed by atoms with Crippen LogP contribution in [0.5, 0.6) is 0 Å². The van der Waals surface area contributed by atoms with Crippen LogP contribution in [0.1, 0.15) is 53.0 Å². The van der Waals surface area contributed by atoms with Crippen LogP contribution in [-0.4, -0.2) is 32.3 Å². The number of thiazole rings is 1. The lowest BCUT2D eigenvalue weighted by atomic mass is 10.1. The van der Waals surface area contributed by atoms with Crippen LogP contribution in [-0.2, 0) is 13.1 Å². The zero-order valence-corrected chi connectivity index (χ0v) is 18.3. The van der Waals surface area contributed by atoms with Gasteiger partial charge in [-0.1, -0.05) is 0 Å². The van der Waals surface area contributed by atoms with Crippen molar-refractivity contribution in [2.45, 2.75) is 59.7 Å². The zero-order chi connectivity index (χ0) is 17.1. The molecule has 1 atom stereocenters. The lowest BCUT2D eigenvalue weighted by Gasteiger charge is -2.24. The first-order valence-electron chi connectivity index (χ1n) is 8.46. The normalized spacial score (nSPS) is 17.0. The number of hydrogen-bond donors (Lipinski definition) is 2. The molecule has 1 aliphatic rings. The van der Waals surface area contributed by atoms with Crippen LogP contribution in [0.25, 0.3) is 0 Å². The van der Waals surface area contributed by atoms with Crippen LogP contribution < -0.4 is 10.6 Å². The van der Waals surface area contributed by atoms with Gasteiger partial charge >= 0.3 is 0 Å². The van der Waals surface area contributed by atoms with E-state index in [1.807, 2.05) is 18.5 Å². The van der Waals surface area contributed by atoms with Crippen molar-refractivity contribution in [3.63, 3.8) is 0 Å². The Morgan fingerprint density at radius 2 is 2.12 bits per heavy atom. The van der Waals surface area contributed by atoms with Gasteiger partial charge in [-0.15, -0.1) is 35.3 Å². The van der Waals surface area contributed by atoms with Gasteiger partial charge in [0.05, 0.1) is 18.3 Å². The van der Waals surface area contributed by atoms with Gasteiger partial charge in [0.25, 0.3) is 0 Å². The summed E-state index contributed by atoms with van der Waals surface area (Å²) in [6.07, 6.45) is 2.13. The van der Waals surface area contributed by atoms with Gasteiger partial charge in [0.2, 0.25) is 0 Å². The van der Waals surface area contributed by atoms with Crippen LogP contribution in [0, 0.1) is 20.8 Å². The van der Waals surface area contributed by atoms with E-state index in [0.29, 0.717) is 6.54 Å². The first kappa shape index (κ1) is 20.1. The maximum atomic E-state index is 4.70. The molecule has 2 aromatic heterocycles. The summed E-state index contributed by atoms with van der Waals surface area (Å²) in [7, 11) is 0. The minimum atomic E-state index is 0. The van der Waals surface area contributed by atoms with Gasteiger partial charge in [-0.2, -0.15) is 5.10 Å². The molecule has 25 heavy (non-hydrogen) atoms. The Labute approximate surface area is 169 Å². The Balaban J connectivity index is 0.00000225. The Bertz CT molecular complexity index is 717. The molecule has 9 heteroatoms. The van der Waals surface area contributed by atoms with Gasteiger partial charge in [0, 0.05) is 18.0 Å². The van der Waals surface area contributed by atoms with Gasteiger partial charge < -0.3 is 10.6 Å². The maximum absolute atomic E-state index is 4.70. The highest BCUT2D eigenvalue weighted by Crippen LogP contribution is 2.23. The van der Waals surface area contributed by atoms with Crippen molar-refractivity contribution in [3.8, 4) is 0 Å². The smallest absolute Gasteiger partial charge is 0.192 e. The predicted octanol–water partition coefficient (Wildman–Crippen LogP) is 2.87. The summed E-state index contributed by atoms with van der Waals surface area (Å²) in [6.45, 7) is 10.5. The van der Waals surface area contributed by atoms with Gasteiger partial charge in [-0.25, -0.2) is 19.6 Å². The van der Waals surface area contributed by atoms with E-state index in [9.17, 15) is 0 Å². The lowest BCUT2D eigenvalue weighted by Crippen LogP contribution is -2.41. The zero-order valence-electron chi connectivity index (χ0n) is 15.2. The highest BCUT2D eigenvalue weighted by atomic mass is 127. The van der Waals surface area contributed by atoms with E-state index in [1.54, 1.807) is 11.3 Å². The fraction of sp³-hybridized carbons (Fsp3) is 0.625. The number of fused-ring (bicyclic) bond motifs is 1. The van der Waals surface area contributed by atoms with Gasteiger partial charge in [0.1, 0.15) is 16.7 Å². The first-order valence-corrected chi connectivity index (χ1v) is 9.27. The molecule has 1 unspecified atom stereocenters. The van der Waals surface area contributed by atoms with E-state index in [2.05, 4.69) is 39.5 Å². The third-order valence-corrected chi connectivity index (χ3v) is 5.14. The molecule has 0 fully saturated rings. The molecule has 3 heterocycles. The molecule has 3 rings (SSSR count). The van der Waals surface area contributed by atoms with Gasteiger partial charge in [0.15, 0.2) is 5.96 Å². The third kappa shape index (κ3) is 4.90. The Morgan fingerprint density at radius 1 is 1.32 bits per heavy atom. The first-order chi connectivity index (χ1) is 11.6. The number of rotatable bonds is 4. The Hall–Kier alpha value is -1.23. The predicted molar refractivity (Wildman–Crippen MR) is 112 cm³/mol. The average molecular weight is 475 g/mol. The van der Waals surface area contributed by atoms with Crippen molar-refractivity contribution in [3.05, 3.63) is 27.2 Å². The summed E-state index contributed by atoms with van der Waals surface area (Å²) >= 11 is 1.71. The fourth-order valence-corrected chi connectivity index (χ4v) is 3.70. The SMILES string of the molecule is CCNC(=NCc1nc(C)c(C)s1)NC1CCCn2nc(C)nc21.I. The van der Waals surface area contributed by atoms with Crippen LogP contribution in [0.4, 0.5) is 0 Å². The number of nitrogens with one attached hydrogen (secondary N) is 2. The molecule has 2 aromatic rings. The third-order valence-electron chi connectivity index (χ3n) is 4.08. The molecule has 7 nitrogen and oxygen atoms in total. The summed E-state index contributed by atoms with van der Waals surface area (Å²) in [6, 6.07) is 0.150. The summed E-state index contributed by atoms with van der Waals surface area (Å²) in [5.41, 5.74) is 1.10. The number of nitrogens with zero attached hydrogens (tertiary/aromatic N) is 5. The molecule has 0 amide bonds. The fourth-order valence-electron chi connectivity index (χ4n) is 2.84. The van der Waals surface area contributed by atoms with Gasteiger partial charge in [-0.3, -0.25) is 0 Å². The van der Waals surface area contributed by atoms with E-state index in [0.717, 1.165) is 54.2 Å². The lowest BCUT2D eigenvalue weighted by molar-refractivity contribution is 0.397. The molecule has 0 spiro atoms. The highest BCUT2D eigenvalue weighted by Gasteiger charge is 2.24. The van der Waals surface area contributed by atoms with E-state index < -0.39 is 0 Å². The van der Waals surface area contributed by atoms with E-state index in [1.165, 1.54) is 4.88 Å². The van der Waals surface area contributed by atoms with Crippen molar-refractivity contribution in [1.29, 1.82) is 0 Å². The molecule has 0 bridgehead atoms. The number of hydrogen-bond acceptors (Lipinski definition) is 5. The second kappa shape index (κ2) is 8.93. The monoisotopic (exact) mass is 475 g/mol. The number of guanidine groups is 1. The van der Waals surface area contributed by atoms with Crippen LogP contribution in [0.15, 0.2) is 4.99 Å².